The average molecular weight is 985 g/mol. The number of allylic oxidation sites excluding steroid dienone is 2. The summed E-state index contributed by atoms with van der Waals surface area (Å²) in [6.07, 6.45) is -19.3. The van der Waals surface area contributed by atoms with Gasteiger partial charge in [0.05, 0.1) is 43.4 Å². The molecular weight excluding hydrogens is 909 g/mol. The number of fused-ring (bicyclic) bond motifs is 7. The molecule has 25 atom stereocenters. The second-order valence-corrected chi connectivity index (χ2v) is 23.2. The molecule has 4 saturated carbocycles. The number of hydrogen-bond donors (Lipinski definition) is 10. The first-order chi connectivity index (χ1) is 32.3. The predicted molar refractivity (Wildman–Crippen MR) is 236 cm³/mol. The summed E-state index contributed by atoms with van der Waals surface area (Å²) in [4.78, 5) is 40.2. The average Bonchev–Trinajstić information content (AvgIpc) is 3.28. The third-order valence-corrected chi connectivity index (χ3v) is 18.9. The number of aliphatic hydroxyl groups excluding tert-OH is 9. The third-order valence-electron chi connectivity index (χ3n) is 18.9. The van der Waals surface area contributed by atoms with Gasteiger partial charge >= 0.3 is 11.9 Å². The lowest BCUT2D eigenvalue weighted by Crippen LogP contribution is -2.69. The van der Waals surface area contributed by atoms with E-state index in [0.717, 1.165) is 12.7 Å². The molecule has 10 N–H and O–H groups in total. The van der Waals surface area contributed by atoms with Crippen LogP contribution in [0.4, 0.5) is 0 Å². The summed E-state index contributed by atoms with van der Waals surface area (Å²) in [7, 11) is 0. The lowest BCUT2D eigenvalue weighted by Gasteiger charge is -2.71. The number of hydrogen-bond acceptors (Lipinski definition) is 19. The van der Waals surface area contributed by atoms with Gasteiger partial charge in [-0.2, -0.15) is 0 Å². The number of rotatable bonds is 11. The van der Waals surface area contributed by atoms with Crippen LogP contribution in [0.2, 0.25) is 0 Å². The molecule has 0 aromatic carbocycles. The van der Waals surface area contributed by atoms with Gasteiger partial charge in [-0.1, -0.05) is 53.2 Å². The van der Waals surface area contributed by atoms with Gasteiger partial charge in [0, 0.05) is 5.92 Å². The zero-order valence-electron chi connectivity index (χ0n) is 40.6. The van der Waals surface area contributed by atoms with E-state index in [9.17, 15) is 65.4 Å². The maximum atomic E-state index is 13.9. The topological polar surface area (TPSA) is 318 Å². The monoisotopic (exact) mass is 984 g/mol. The number of esters is 1. The van der Waals surface area contributed by atoms with Crippen LogP contribution in [-0.4, -0.2) is 187 Å². The minimum atomic E-state index is -2.00. The Labute approximate surface area is 402 Å². The minimum Gasteiger partial charge on any atom is -0.481 e. The van der Waals surface area contributed by atoms with Crippen LogP contribution >= 0.6 is 0 Å². The van der Waals surface area contributed by atoms with E-state index in [1.807, 2.05) is 6.92 Å². The van der Waals surface area contributed by atoms with Crippen molar-refractivity contribution in [3.05, 3.63) is 11.6 Å². The molecule has 5 aliphatic carbocycles. The molecule has 0 aromatic rings. The molecule has 20 heteroatoms. The van der Waals surface area contributed by atoms with Gasteiger partial charge in [-0.3, -0.25) is 4.79 Å². The Balaban J connectivity index is 1.13. The van der Waals surface area contributed by atoms with Crippen molar-refractivity contribution in [1.82, 2.24) is 0 Å². The third kappa shape index (κ3) is 8.65. The Morgan fingerprint density at radius 2 is 1.43 bits per heavy atom. The molecule has 20 nitrogen and oxygen atoms in total. The molecular formula is C49H76O20. The molecule has 25 unspecified atom stereocenters. The summed E-state index contributed by atoms with van der Waals surface area (Å²) in [6, 6.07) is 0. The van der Waals surface area contributed by atoms with E-state index >= 15 is 0 Å². The number of aldehydes is 1. The molecule has 0 bridgehead atoms. The predicted octanol–water partition coefficient (Wildman–Crippen LogP) is -0.0782. The fourth-order valence-electron chi connectivity index (χ4n) is 15.2. The normalized spacial score (nSPS) is 52.8. The molecule has 8 rings (SSSR count). The van der Waals surface area contributed by atoms with Gasteiger partial charge in [-0.25, -0.2) is 4.79 Å². The highest BCUT2D eigenvalue weighted by molar-refractivity contribution is 5.76. The highest BCUT2D eigenvalue weighted by Crippen LogP contribution is 2.75. The maximum Gasteiger partial charge on any atom is 0.338 e. The Morgan fingerprint density at radius 1 is 0.754 bits per heavy atom. The number of carbonyl (C=O) groups excluding carboxylic acids is 2. The SMILES string of the molecule is CCOC(=O)C1OC(OC2CCC3(C)C(CCC4(C)C3CC=C3C5CC(C)(C)CC(C(=O)O)C5C(O)CC34C)C2(C)C=O)C(OC2OC(CO)C(O)C(O)C2O)C(OC2OCC(O)C(O)C2O)C1O. The second-order valence-electron chi connectivity index (χ2n) is 23.2. The first kappa shape index (κ1) is 53.1. The Hall–Kier alpha value is -2.25. The molecule has 3 saturated heterocycles. The second kappa shape index (κ2) is 19.2. The fraction of sp³-hybridized carbons (Fsp3) is 0.898. The number of carboxylic acids is 1. The molecule has 7 fully saturated rings. The number of aliphatic carboxylic acids is 1. The van der Waals surface area contributed by atoms with Gasteiger partial charge < -0.3 is 89.0 Å². The van der Waals surface area contributed by atoms with Crippen LogP contribution in [0.3, 0.4) is 0 Å². The lowest BCUT2D eigenvalue weighted by molar-refractivity contribution is -0.391. The van der Waals surface area contributed by atoms with Gasteiger partial charge in [0.25, 0.3) is 0 Å². The molecule has 3 aliphatic heterocycles. The van der Waals surface area contributed by atoms with Crippen LogP contribution in [0.25, 0.3) is 0 Å². The number of carbonyl (C=O) groups is 3. The molecule has 3 heterocycles. The molecule has 0 aromatic heterocycles. The van der Waals surface area contributed by atoms with E-state index in [0.29, 0.717) is 38.5 Å². The molecule has 0 radical (unpaired) electrons. The van der Waals surface area contributed by atoms with Gasteiger partial charge in [-0.05, 0) is 97.7 Å². The fourth-order valence-corrected chi connectivity index (χ4v) is 15.2. The minimum absolute atomic E-state index is 0.0263. The highest BCUT2D eigenvalue weighted by Gasteiger charge is 2.70. The smallest absolute Gasteiger partial charge is 0.338 e. The van der Waals surface area contributed by atoms with Crippen molar-refractivity contribution in [2.45, 2.75) is 198 Å². The van der Waals surface area contributed by atoms with Crippen molar-refractivity contribution in [2.75, 3.05) is 19.8 Å². The van der Waals surface area contributed by atoms with Crippen molar-refractivity contribution in [3.8, 4) is 0 Å². The van der Waals surface area contributed by atoms with Crippen LogP contribution in [0.15, 0.2) is 11.6 Å². The van der Waals surface area contributed by atoms with Crippen LogP contribution in [0.1, 0.15) is 99.8 Å². The molecule has 69 heavy (non-hydrogen) atoms. The van der Waals surface area contributed by atoms with Crippen molar-refractivity contribution in [3.63, 3.8) is 0 Å². The Kier molecular flexibility index (Phi) is 14.8. The number of aliphatic hydroxyl groups is 9. The van der Waals surface area contributed by atoms with E-state index in [1.165, 1.54) is 12.5 Å². The van der Waals surface area contributed by atoms with Crippen LogP contribution < -0.4 is 0 Å². The van der Waals surface area contributed by atoms with Crippen molar-refractivity contribution < 1.29 is 98.6 Å². The standard InChI is InChI=1S/C49H76O20/c1-8-63-41(62)38-36(59)37(67-42-34(57)31(54)25(53)19-64-42)39(69-43-35(58)33(56)32(55)26(18-50)65-43)44(68-38)66-29-12-13-46(4)27(47(29,5)20-51)11-14-48(6)28(46)10-9-23-21-15-45(2,3)16-22(40(60)61)30(21)24(52)17-49(23,48)7/h9,20-22,24-39,42-44,50,52-59H,8,10-19H2,1-7H3,(H,60,61). The summed E-state index contributed by atoms with van der Waals surface area (Å²) in [5.41, 5.74) is -1.55. The van der Waals surface area contributed by atoms with Crippen molar-refractivity contribution in [1.29, 1.82) is 0 Å². The van der Waals surface area contributed by atoms with Gasteiger partial charge in [0.1, 0.15) is 67.3 Å². The van der Waals surface area contributed by atoms with Gasteiger partial charge in [0.2, 0.25) is 0 Å². The number of carboxylic acid groups (broad SMARTS) is 1. The maximum absolute atomic E-state index is 13.9. The highest BCUT2D eigenvalue weighted by atomic mass is 16.8. The molecule has 8 aliphatic rings. The van der Waals surface area contributed by atoms with E-state index in [4.69, 9.17) is 33.2 Å². The van der Waals surface area contributed by atoms with Crippen LogP contribution in [-0.2, 0) is 47.5 Å². The Bertz CT molecular complexity index is 1930. The molecule has 0 spiro atoms. The van der Waals surface area contributed by atoms with Gasteiger partial charge in [-0.15, -0.1) is 0 Å². The zero-order valence-corrected chi connectivity index (χ0v) is 40.6. The Morgan fingerprint density at radius 3 is 2.09 bits per heavy atom. The number of ether oxygens (including phenoxy) is 7. The summed E-state index contributed by atoms with van der Waals surface area (Å²) in [6.45, 7) is 12.9. The van der Waals surface area contributed by atoms with E-state index in [1.54, 1.807) is 0 Å². The summed E-state index contributed by atoms with van der Waals surface area (Å²) in [5.74, 6) is -3.35. The first-order valence-corrected chi connectivity index (χ1v) is 24.8. The first-order valence-electron chi connectivity index (χ1n) is 24.8. The van der Waals surface area contributed by atoms with E-state index < -0.39 is 151 Å². The molecule has 392 valence electrons. The van der Waals surface area contributed by atoms with Crippen molar-refractivity contribution in [2.24, 2.45) is 56.7 Å². The van der Waals surface area contributed by atoms with Crippen LogP contribution in [0, 0.1) is 56.7 Å². The van der Waals surface area contributed by atoms with Crippen LogP contribution in [0.5, 0.6) is 0 Å². The summed E-state index contributed by atoms with van der Waals surface area (Å²) in [5, 5.41) is 108. The van der Waals surface area contributed by atoms with Gasteiger partial charge in [0.15, 0.2) is 25.0 Å². The summed E-state index contributed by atoms with van der Waals surface area (Å²) < 4.78 is 41.9. The largest absolute Gasteiger partial charge is 0.481 e. The van der Waals surface area contributed by atoms with Crippen molar-refractivity contribution >= 4 is 18.2 Å². The zero-order chi connectivity index (χ0) is 50.5. The van der Waals surface area contributed by atoms with E-state index in [2.05, 4.69) is 40.7 Å². The lowest BCUT2D eigenvalue weighted by atomic mass is 9.34. The molecule has 0 amide bonds. The van der Waals surface area contributed by atoms with E-state index in [-0.39, 0.29) is 41.6 Å². The quantitative estimate of drug-likeness (QED) is 0.0560. The summed E-state index contributed by atoms with van der Waals surface area (Å²) >= 11 is 0.